The first-order chi connectivity index (χ1) is 13.5. The molecule has 146 valence electrons. The topological polar surface area (TPSA) is 30.5 Å². The van der Waals surface area contributed by atoms with Gasteiger partial charge in [0.05, 0.1) is 11.6 Å². The summed E-state index contributed by atoms with van der Waals surface area (Å²) >= 11 is 9.97. The van der Waals surface area contributed by atoms with Gasteiger partial charge in [-0.2, -0.15) is 0 Å². The molecule has 0 aliphatic rings. The highest BCUT2D eigenvalue weighted by Crippen LogP contribution is 2.37. The minimum Gasteiger partial charge on any atom is -0.490 e. The Morgan fingerprint density at radius 3 is 2.32 bits per heavy atom. The van der Waals surface area contributed by atoms with E-state index in [1.807, 2.05) is 43.3 Å². The monoisotopic (exact) mass is 459 g/mol. The normalized spacial score (nSPS) is 10.6. The lowest BCUT2D eigenvalue weighted by molar-refractivity contribution is 0.269. The third-order valence-electron chi connectivity index (χ3n) is 4.21. The van der Waals surface area contributed by atoms with Gasteiger partial charge in [0, 0.05) is 16.7 Å². The molecule has 0 aliphatic carbocycles. The fourth-order valence-corrected chi connectivity index (χ4v) is 3.29. The van der Waals surface area contributed by atoms with Crippen LogP contribution >= 0.6 is 27.5 Å². The Bertz CT molecular complexity index is 911. The number of hydrogen-bond acceptors (Lipinski definition) is 3. The summed E-state index contributed by atoms with van der Waals surface area (Å²) in [5.41, 5.74) is 4.38. The van der Waals surface area contributed by atoms with Crippen molar-refractivity contribution >= 4 is 33.2 Å². The second-order valence-corrected chi connectivity index (χ2v) is 7.80. The van der Waals surface area contributed by atoms with Gasteiger partial charge in [0.2, 0.25) is 0 Å². The average molecular weight is 461 g/mol. The van der Waals surface area contributed by atoms with Crippen LogP contribution in [0.2, 0.25) is 5.02 Å². The van der Waals surface area contributed by atoms with E-state index in [1.165, 1.54) is 5.56 Å². The maximum atomic E-state index is 6.53. The number of anilines is 1. The van der Waals surface area contributed by atoms with Crippen molar-refractivity contribution in [2.45, 2.75) is 27.0 Å². The van der Waals surface area contributed by atoms with Gasteiger partial charge in [0.25, 0.3) is 0 Å². The van der Waals surface area contributed by atoms with Crippen LogP contribution in [0.5, 0.6) is 11.5 Å². The van der Waals surface area contributed by atoms with Crippen LogP contribution in [0.3, 0.4) is 0 Å². The highest BCUT2D eigenvalue weighted by Gasteiger charge is 2.13. The van der Waals surface area contributed by atoms with E-state index in [4.69, 9.17) is 21.1 Å². The van der Waals surface area contributed by atoms with E-state index < -0.39 is 0 Å². The molecule has 0 bridgehead atoms. The molecule has 5 heteroatoms. The lowest BCUT2D eigenvalue weighted by atomic mass is 10.1. The fourth-order valence-electron chi connectivity index (χ4n) is 2.74. The molecule has 0 amide bonds. The summed E-state index contributed by atoms with van der Waals surface area (Å²) in [5, 5.41) is 3.94. The SMILES string of the molecule is CCOc1cc(CNc2ccc(Br)cc2)cc(Cl)c1OCc1ccc(C)cc1. The highest BCUT2D eigenvalue weighted by molar-refractivity contribution is 9.10. The molecule has 0 saturated heterocycles. The zero-order chi connectivity index (χ0) is 19.9. The maximum absolute atomic E-state index is 6.53. The van der Waals surface area contributed by atoms with Gasteiger partial charge in [-0.3, -0.25) is 0 Å². The number of benzene rings is 3. The van der Waals surface area contributed by atoms with Crippen LogP contribution in [0.1, 0.15) is 23.6 Å². The number of halogens is 2. The largest absolute Gasteiger partial charge is 0.490 e. The quantitative estimate of drug-likeness (QED) is 0.392. The highest BCUT2D eigenvalue weighted by atomic mass is 79.9. The van der Waals surface area contributed by atoms with Crippen molar-refractivity contribution in [2.24, 2.45) is 0 Å². The molecule has 0 unspecified atom stereocenters. The summed E-state index contributed by atoms with van der Waals surface area (Å²) in [6.45, 7) is 5.64. The van der Waals surface area contributed by atoms with Crippen LogP contribution in [-0.2, 0) is 13.2 Å². The van der Waals surface area contributed by atoms with Gasteiger partial charge in [-0.05, 0) is 61.4 Å². The van der Waals surface area contributed by atoms with Crippen molar-refractivity contribution in [3.8, 4) is 11.5 Å². The molecule has 3 aromatic rings. The third-order valence-corrected chi connectivity index (χ3v) is 5.02. The van der Waals surface area contributed by atoms with E-state index in [2.05, 4.69) is 52.4 Å². The minimum absolute atomic E-state index is 0.441. The summed E-state index contributed by atoms with van der Waals surface area (Å²) in [4.78, 5) is 0. The van der Waals surface area contributed by atoms with Crippen LogP contribution < -0.4 is 14.8 Å². The molecule has 28 heavy (non-hydrogen) atoms. The number of rotatable bonds is 8. The first kappa shape index (κ1) is 20.6. The van der Waals surface area contributed by atoms with Gasteiger partial charge in [-0.15, -0.1) is 0 Å². The predicted molar refractivity (Wildman–Crippen MR) is 120 cm³/mol. The maximum Gasteiger partial charge on any atom is 0.180 e. The standard InChI is InChI=1S/C23H23BrClNO2/c1-3-27-22-13-18(14-26-20-10-8-19(24)9-11-20)12-21(25)23(22)28-15-17-6-4-16(2)5-7-17/h4-13,26H,3,14-15H2,1-2H3. The Labute approximate surface area is 179 Å². The second kappa shape index (κ2) is 9.85. The van der Waals surface area contributed by atoms with Gasteiger partial charge in [-0.1, -0.05) is 57.4 Å². The molecule has 0 radical (unpaired) electrons. The molecule has 0 atom stereocenters. The van der Waals surface area contributed by atoms with E-state index in [0.717, 1.165) is 21.3 Å². The summed E-state index contributed by atoms with van der Waals surface area (Å²) in [6, 6.07) is 20.2. The Morgan fingerprint density at radius 1 is 0.929 bits per heavy atom. The number of hydrogen-bond donors (Lipinski definition) is 1. The van der Waals surface area contributed by atoms with E-state index in [0.29, 0.717) is 36.3 Å². The van der Waals surface area contributed by atoms with E-state index in [-0.39, 0.29) is 0 Å². The molecular weight excluding hydrogens is 438 g/mol. The molecule has 0 saturated carbocycles. The summed E-state index contributed by atoms with van der Waals surface area (Å²) in [6.07, 6.45) is 0. The molecule has 1 N–H and O–H groups in total. The summed E-state index contributed by atoms with van der Waals surface area (Å²) in [7, 11) is 0. The minimum atomic E-state index is 0.441. The molecule has 0 heterocycles. The van der Waals surface area contributed by atoms with E-state index in [9.17, 15) is 0 Å². The second-order valence-electron chi connectivity index (χ2n) is 6.47. The van der Waals surface area contributed by atoms with E-state index >= 15 is 0 Å². The molecular formula is C23H23BrClNO2. The fraction of sp³-hybridized carbons (Fsp3) is 0.217. The molecule has 0 aliphatic heterocycles. The van der Waals surface area contributed by atoms with Crippen molar-refractivity contribution < 1.29 is 9.47 Å². The first-order valence-corrected chi connectivity index (χ1v) is 10.3. The van der Waals surface area contributed by atoms with Gasteiger partial charge in [0.1, 0.15) is 6.61 Å². The summed E-state index contributed by atoms with van der Waals surface area (Å²) < 4.78 is 12.8. The Hall–Kier alpha value is -2.17. The first-order valence-electron chi connectivity index (χ1n) is 9.18. The zero-order valence-electron chi connectivity index (χ0n) is 16.0. The van der Waals surface area contributed by atoms with Crippen molar-refractivity contribution in [3.63, 3.8) is 0 Å². The molecule has 0 aromatic heterocycles. The van der Waals surface area contributed by atoms with Crippen molar-refractivity contribution in [3.05, 3.63) is 86.8 Å². The number of ether oxygens (including phenoxy) is 2. The zero-order valence-corrected chi connectivity index (χ0v) is 18.3. The number of nitrogens with one attached hydrogen (secondary N) is 1. The Balaban J connectivity index is 1.73. The Morgan fingerprint density at radius 2 is 1.64 bits per heavy atom. The van der Waals surface area contributed by atoms with Crippen LogP contribution in [0, 0.1) is 6.92 Å². The van der Waals surface area contributed by atoms with Gasteiger partial charge in [0.15, 0.2) is 11.5 Å². The smallest absolute Gasteiger partial charge is 0.180 e. The summed E-state index contributed by atoms with van der Waals surface area (Å²) in [5.74, 6) is 1.24. The third kappa shape index (κ3) is 5.66. The van der Waals surface area contributed by atoms with Crippen molar-refractivity contribution in [2.75, 3.05) is 11.9 Å². The lowest BCUT2D eigenvalue weighted by Crippen LogP contribution is -2.04. The Kier molecular flexibility index (Phi) is 7.24. The van der Waals surface area contributed by atoms with Gasteiger partial charge < -0.3 is 14.8 Å². The van der Waals surface area contributed by atoms with Crippen molar-refractivity contribution in [1.82, 2.24) is 0 Å². The molecule has 0 spiro atoms. The predicted octanol–water partition coefficient (Wildman–Crippen LogP) is 7.00. The van der Waals surface area contributed by atoms with Gasteiger partial charge in [-0.25, -0.2) is 0 Å². The number of aryl methyl sites for hydroxylation is 1. The van der Waals surface area contributed by atoms with Crippen LogP contribution in [0.25, 0.3) is 0 Å². The van der Waals surface area contributed by atoms with Crippen LogP contribution in [0.15, 0.2) is 65.1 Å². The van der Waals surface area contributed by atoms with Gasteiger partial charge >= 0.3 is 0 Å². The lowest BCUT2D eigenvalue weighted by Gasteiger charge is -2.16. The molecule has 3 aromatic carbocycles. The molecule has 3 nitrogen and oxygen atoms in total. The molecule has 0 fully saturated rings. The van der Waals surface area contributed by atoms with Crippen molar-refractivity contribution in [1.29, 1.82) is 0 Å². The molecule has 3 rings (SSSR count). The average Bonchev–Trinajstić information content (AvgIpc) is 2.68. The van der Waals surface area contributed by atoms with Crippen LogP contribution in [0.4, 0.5) is 5.69 Å². The van der Waals surface area contributed by atoms with Crippen LogP contribution in [-0.4, -0.2) is 6.61 Å². The van der Waals surface area contributed by atoms with E-state index in [1.54, 1.807) is 0 Å².